The monoisotopic (exact) mass is 543 g/mol. The number of hydrogen-bond donors (Lipinski definition) is 0. The van der Waals surface area contributed by atoms with E-state index in [9.17, 15) is 4.79 Å². The Labute approximate surface area is 243 Å². The highest BCUT2D eigenvalue weighted by atomic mass is 16.5. The number of esters is 1. The van der Waals surface area contributed by atoms with Crippen LogP contribution in [0.5, 0.6) is 0 Å². The summed E-state index contributed by atoms with van der Waals surface area (Å²) in [6.45, 7) is 7.46. The zero-order valence-corrected chi connectivity index (χ0v) is 26.6. The number of unbranched alkanes of at least 4 members (excludes halogenated alkanes) is 14. The lowest BCUT2D eigenvalue weighted by molar-refractivity contribution is -0.163. The molecule has 0 heterocycles. The first-order chi connectivity index (χ1) is 19.0. The minimum atomic E-state index is 0.0987. The topological polar surface area (TPSA) is 26.3 Å². The molecule has 4 aliphatic rings. The lowest BCUT2D eigenvalue weighted by Crippen LogP contribution is -2.53. The van der Waals surface area contributed by atoms with E-state index in [1.165, 1.54) is 148 Å². The van der Waals surface area contributed by atoms with Gasteiger partial charge in [0.1, 0.15) is 6.10 Å². The highest BCUT2D eigenvalue weighted by Gasteiger charge is 2.60. The van der Waals surface area contributed by atoms with Crippen LogP contribution < -0.4 is 0 Å². The molecule has 0 bridgehead atoms. The molecule has 2 unspecified atom stereocenters. The summed E-state index contributed by atoms with van der Waals surface area (Å²) in [5.41, 5.74) is 0.842. The van der Waals surface area contributed by atoms with Crippen LogP contribution in [0.25, 0.3) is 0 Å². The van der Waals surface area contributed by atoms with Crippen molar-refractivity contribution in [1.82, 2.24) is 0 Å². The number of ether oxygens (including phenoxy) is 1. The van der Waals surface area contributed by atoms with Crippen molar-refractivity contribution in [2.45, 2.75) is 194 Å². The zero-order valence-electron chi connectivity index (χ0n) is 26.6. The SMILES string of the molecule is CCCCCCCCCCCCCCCCCC(=O)OC1CC[C@H]2[C@@H]3CCC4CCCC[C@]4(C)[C@H]3CC[C@]12C. The number of fused-ring (bicyclic) bond motifs is 5. The van der Waals surface area contributed by atoms with Crippen molar-refractivity contribution in [2.75, 3.05) is 0 Å². The Morgan fingerprint density at radius 1 is 0.615 bits per heavy atom. The highest BCUT2D eigenvalue weighted by Crippen LogP contribution is 2.66. The predicted molar refractivity (Wildman–Crippen MR) is 166 cm³/mol. The molecule has 0 aromatic rings. The molecule has 0 amide bonds. The van der Waals surface area contributed by atoms with Gasteiger partial charge in [-0.15, -0.1) is 0 Å². The Morgan fingerprint density at radius 2 is 1.21 bits per heavy atom. The molecule has 0 aromatic heterocycles. The molecule has 0 saturated heterocycles. The van der Waals surface area contributed by atoms with Crippen molar-refractivity contribution in [3.8, 4) is 0 Å². The number of carbonyl (C=O) groups is 1. The molecule has 2 nitrogen and oxygen atoms in total. The fraction of sp³-hybridized carbons (Fsp3) is 0.973. The van der Waals surface area contributed by atoms with Crippen LogP contribution >= 0.6 is 0 Å². The molecule has 0 spiro atoms. The van der Waals surface area contributed by atoms with Crippen molar-refractivity contribution in [1.29, 1.82) is 0 Å². The van der Waals surface area contributed by atoms with Gasteiger partial charge in [0.05, 0.1) is 0 Å². The molecule has 226 valence electrons. The van der Waals surface area contributed by atoms with Crippen LogP contribution in [-0.4, -0.2) is 12.1 Å². The van der Waals surface area contributed by atoms with E-state index in [-0.39, 0.29) is 17.5 Å². The molecule has 0 aromatic carbocycles. The third-order valence-electron chi connectivity index (χ3n) is 12.8. The van der Waals surface area contributed by atoms with Crippen molar-refractivity contribution in [3.63, 3.8) is 0 Å². The van der Waals surface area contributed by atoms with Crippen molar-refractivity contribution in [3.05, 3.63) is 0 Å². The van der Waals surface area contributed by atoms with Crippen LogP contribution in [0.1, 0.15) is 188 Å². The van der Waals surface area contributed by atoms with Gasteiger partial charge >= 0.3 is 5.97 Å². The van der Waals surface area contributed by atoms with E-state index in [0.717, 1.165) is 36.5 Å². The van der Waals surface area contributed by atoms with Crippen LogP contribution in [0.2, 0.25) is 0 Å². The summed E-state index contributed by atoms with van der Waals surface area (Å²) >= 11 is 0. The summed E-state index contributed by atoms with van der Waals surface area (Å²) in [4.78, 5) is 12.8. The van der Waals surface area contributed by atoms with Crippen LogP contribution in [-0.2, 0) is 9.53 Å². The average Bonchev–Trinajstić information content (AvgIpc) is 3.26. The standard InChI is InChI=1S/C37H66O2/c1-4-5-6-7-8-9-10-11-12-13-14-15-16-17-18-22-35(38)39-34-26-25-32-31-24-23-30-21-19-20-28-36(30,2)33(31)27-29-37(32,34)3/h30-34H,4-29H2,1-3H3/t30?,31-,32-,33-,34?,36-,37-/m0/s1. The third-order valence-corrected chi connectivity index (χ3v) is 12.8. The van der Waals surface area contributed by atoms with Gasteiger partial charge in [-0.2, -0.15) is 0 Å². The number of carbonyl (C=O) groups excluding carboxylic acids is 1. The summed E-state index contributed by atoms with van der Waals surface area (Å²) in [6.07, 6.45) is 35.2. The molecule has 39 heavy (non-hydrogen) atoms. The van der Waals surface area contributed by atoms with E-state index in [4.69, 9.17) is 4.74 Å². The Bertz CT molecular complexity index is 716. The summed E-state index contributed by atoms with van der Waals surface area (Å²) < 4.78 is 6.28. The molecule has 0 aliphatic heterocycles. The van der Waals surface area contributed by atoms with Gasteiger partial charge in [-0.05, 0) is 86.9 Å². The van der Waals surface area contributed by atoms with E-state index in [0.29, 0.717) is 11.8 Å². The normalized spacial score (nSPS) is 35.7. The van der Waals surface area contributed by atoms with Gasteiger partial charge in [0.2, 0.25) is 0 Å². The minimum Gasteiger partial charge on any atom is -0.462 e. The van der Waals surface area contributed by atoms with Crippen LogP contribution in [0.3, 0.4) is 0 Å². The van der Waals surface area contributed by atoms with E-state index in [1.54, 1.807) is 0 Å². The fourth-order valence-electron chi connectivity index (χ4n) is 10.3. The minimum absolute atomic E-state index is 0.0987. The van der Waals surface area contributed by atoms with Gasteiger partial charge in [0, 0.05) is 11.8 Å². The molecule has 7 atom stereocenters. The maximum absolute atomic E-state index is 12.8. The molecule has 0 radical (unpaired) electrons. The van der Waals surface area contributed by atoms with E-state index in [2.05, 4.69) is 20.8 Å². The maximum atomic E-state index is 12.8. The number of rotatable bonds is 17. The Hall–Kier alpha value is -0.530. The summed E-state index contributed by atoms with van der Waals surface area (Å²) in [6, 6.07) is 0. The van der Waals surface area contributed by atoms with Gasteiger partial charge in [-0.25, -0.2) is 0 Å². The first-order valence-electron chi connectivity index (χ1n) is 18.2. The second-order valence-corrected chi connectivity index (χ2v) is 15.2. The maximum Gasteiger partial charge on any atom is 0.306 e. The molecule has 4 fully saturated rings. The first-order valence-corrected chi connectivity index (χ1v) is 18.2. The molecule has 4 aliphatic carbocycles. The molecule has 4 saturated carbocycles. The molecule has 4 rings (SSSR count). The zero-order chi connectivity index (χ0) is 27.6. The quantitative estimate of drug-likeness (QED) is 0.135. The second-order valence-electron chi connectivity index (χ2n) is 15.2. The Morgan fingerprint density at radius 3 is 1.85 bits per heavy atom. The third kappa shape index (κ3) is 8.06. The van der Waals surface area contributed by atoms with Gasteiger partial charge in [-0.3, -0.25) is 4.79 Å². The van der Waals surface area contributed by atoms with Crippen molar-refractivity contribution in [2.24, 2.45) is 34.5 Å². The lowest BCUT2D eigenvalue weighted by atomic mass is 9.45. The van der Waals surface area contributed by atoms with E-state index >= 15 is 0 Å². The van der Waals surface area contributed by atoms with Gasteiger partial charge < -0.3 is 4.74 Å². The summed E-state index contributed by atoms with van der Waals surface area (Å²) in [5, 5.41) is 0. The van der Waals surface area contributed by atoms with Crippen LogP contribution in [0, 0.1) is 34.5 Å². The van der Waals surface area contributed by atoms with E-state index in [1.807, 2.05) is 0 Å². The highest BCUT2D eigenvalue weighted by molar-refractivity contribution is 5.69. The first kappa shape index (κ1) is 31.4. The molecular formula is C37H66O2. The molecular weight excluding hydrogens is 476 g/mol. The van der Waals surface area contributed by atoms with Gasteiger partial charge in [0.15, 0.2) is 0 Å². The predicted octanol–water partition coefficient (Wildman–Crippen LogP) is 11.6. The fourth-order valence-corrected chi connectivity index (χ4v) is 10.3. The van der Waals surface area contributed by atoms with Crippen molar-refractivity contribution >= 4 is 5.97 Å². The van der Waals surface area contributed by atoms with Crippen molar-refractivity contribution < 1.29 is 9.53 Å². The smallest absolute Gasteiger partial charge is 0.306 e. The lowest BCUT2D eigenvalue weighted by Gasteiger charge is -2.60. The summed E-state index contributed by atoms with van der Waals surface area (Å²) in [5.74, 6) is 3.70. The van der Waals surface area contributed by atoms with Gasteiger partial charge in [0.25, 0.3) is 0 Å². The average molecular weight is 543 g/mol. The van der Waals surface area contributed by atoms with Crippen LogP contribution in [0.15, 0.2) is 0 Å². The molecule has 2 heteroatoms. The van der Waals surface area contributed by atoms with E-state index < -0.39 is 0 Å². The van der Waals surface area contributed by atoms with Crippen LogP contribution in [0.4, 0.5) is 0 Å². The largest absolute Gasteiger partial charge is 0.462 e. The molecule has 0 N–H and O–H groups in total. The Balaban J connectivity index is 1.05. The van der Waals surface area contributed by atoms with Gasteiger partial charge in [-0.1, -0.05) is 124 Å². The summed E-state index contributed by atoms with van der Waals surface area (Å²) in [7, 11) is 0. The number of hydrogen-bond acceptors (Lipinski definition) is 2. The Kier molecular flexibility index (Phi) is 12.6. The second kappa shape index (κ2) is 15.6.